The van der Waals surface area contributed by atoms with Crippen molar-refractivity contribution in [1.82, 2.24) is 10.1 Å². The van der Waals surface area contributed by atoms with Crippen molar-refractivity contribution in [3.63, 3.8) is 0 Å². The highest BCUT2D eigenvalue weighted by Crippen LogP contribution is 2.26. The Kier molecular flexibility index (Phi) is 6.34. The lowest BCUT2D eigenvalue weighted by atomic mass is 9.91. The van der Waals surface area contributed by atoms with E-state index in [0.29, 0.717) is 25.4 Å². The van der Waals surface area contributed by atoms with Crippen molar-refractivity contribution in [2.45, 2.75) is 39.2 Å². The third-order valence-electron chi connectivity index (χ3n) is 4.83. The highest BCUT2D eigenvalue weighted by Gasteiger charge is 2.35. The Morgan fingerprint density at radius 1 is 1.32 bits per heavy atom. The lowest BCUT2D eigenvalue weighted by Gasteiger charge is -2.37. The number of primary amides is 1. The van der Waals surface area contributed by atoms with E-state index < -0.39 is 5.91 Å². The topological polar surface area (TPSA) is 98.7 Å². The fourth-order valence-corrected chi connectivity index (χ4v) is 3.56. The maximum atomic E-state index is 12.8. The van der Waals surface area contributed by atoms with Gasteiger partial charge >= 0.3 is 0 Å². The molecule has 0 radical (unpaired) electrons. The first-order valence-electron chi connectivity index (χ1n) is 9.67. The molecular weight excluding hydrogens is 358 g/mol. The molecule has 2 heterocycles. The van der Waals surface area contributed by atoms with E-state index in [1.54, 1.807) is 11.0 Å². The maximum Gasteiger partial charge on any atom is 0.292 e. The van der Waals surface area contributed by atoms with Crippen LogP contribution in [0.15, 0.2) is 40.9 Å². The van der Waals surface area contributed by atoms with Gasteiger partial charge in [0.25, 0.3) is 5.91 Å². The van der Waals surface area contributed by atoms with Gasteiger partial charge in [-0.15, -0.1) is 0 Å². The van der Waals surface area contributed by atoms with Crippen LogP contribution in [0.25, 0.3) is 0 Å². The fourth-order valence-electron chi connectivity index (χ4n) is 3.56. The van der Waals surface area contributed by atoms with Crippen LogP contribution in [-0.4, -0.2) is 41.1 Å². The van der Waals surface area contributed by atoms with Gasteiger partial charge in [-0.2, -0.15) is 0 Å². The first kappa shape index (κ1) is 19.9. The molecule has 1 aromatic carbocycles. The molecule has 2 aromatic rings. The molecule has 7 heteroatoms. The molecule has 2 N–H and O–H groups in total. The van der Waals surface area contributed by atoms with Crippen LogP contribution < -0.4 is 10.5 Å². The van der Waals surface area contributed by atoms with Crippen LogP contribution in [0.4, 0.5) is 0 Å². The summed E-state index contributed by atoms with van der Waals surface area (Å²) in [6.45, 7) is 5.08. The van der Waals surface area contributed by atoms with Gasteiger partial charge in [0.1, 0.15) is 11.9 Å². The van der Waals surface area contributed by atoms with E-state index in [4.69, 9.17) is 15.0 Å². The number of ether oxygens (including phenoxy) is 1. The summed E-state index contributed by atoms with van der Waals surface area (Å²) in [7, 11) is 0. The number of carbonyl (C=O) groups excluding carboxylic acids is 2. The summed E-state index contributed by atoms with van der Waals surface area (Å²) >= 11 is 0. The summed E-state index contributed by atoms with van der Waals surface area (Å²) in [6.07, 6.45) is 1.36. The average molecular weight is 385 g/mol. The van der Waals surface area contributed by atoms with E-state index >= 15 is 0 Å². The molecule has 1 aromatic heterocycles. The normalized spacial score (nSPS) is 19.6. The summed E-state index contributed by atoms with van der Waals surface area (Å²) < 4.78 is 11.3. The number of hydrogen-bond acceptors (Lipinski definition) is 5. The summed E-state index contributed by atoms with van der Waals surface area (Å²) in [4.78, 5) is 26.1. The van der Waals surface area contributed by atoms with Gasteiger partial charge in [0.05, 0.1) is 5.69 Å². The number of para-hydroxylation sites is 1. The molecule has 0 spiro atoms. The van der Waals surface area contributed by atoms with Crippen LogP contribution in [0.2, 0.25) is 0 Å². The van der Waals surface area contributed by atoms with Crippen molar-refractivity contribution < 1.29 is 18.8 Å². The molecule has 0 bridgehead atoms. The molecule has 150 valence electrons. The van der Waals surface area contributed by atoms with Gasteiger partial charge in [-0.3, -0.25) is 9.59 Å². The monoisotopic (exact) mass is 385 g/mol. The second-order valence-corrected chi connectivity index (χ2v) is 7.72. The molecule has 0 saturated carbocycles. The SMILES string of the molecule is CC(C)Cc1cc(C(=O)N2CC[C@H](Oc3ccccc3)[C@@H](CC(N)=O)C2)on1. The standard InChI is InChI=1S/C21H27N3O4/c1-14(2)10-16-12-19(28-23-16)21(26)24-9-8-18(15(13-24)11-20(22)25)27-17-6-4-3-5-7-17/h3-7,12,14-15,18H,8-11,13H2,1-2H3,(H2,22,25)/t15-,18-/m0/s1. The summed E-state index contributed by atoms with van der Waals surface area (Å²) in [5.74, 6) is 0.619. The molecule has 28 heavy (non-hydrogen) atoms. The minimum Gasteiger partial charge on any atom is -0.490 e. The third kappa shape index (κ3) is 5.12. The van der Waals surface area contributed by atoms with Gasteiger partial charge < -0.3 is 19.9 Å². The molecule has 3 rings (SSSR count). The molecule has 2 amide bonds. The van der Waals surface area contributed by atoms with Gasteiger partial charge in [-0.25, -0.2) is 0 Å². The molecular formula is C21H27N3O4. The number of nitrogens with zero attached hydrogens (tertiary/aromatic N) is 2. The van der Waals surface area contributed by atoms with E-state index in [9.17, 15) is 9.59 Å². The van der Waals surface area contributed by atoms with Crippen molar-refractivity contribution in [3.05, 3.63) is 47.9 Å². The molecule has 7 nitrogen and oxygen atoms in total. The highest BCUT2D eigenvalue weighted by atomic mass is 16.5. The first-order chi connectivity index (χ1) is 13.4. The smallest absolute Gasteiger partial charge is 0.292 e. The Labute approximate surface area is 164 Å². The average Bonchev–Trinajstić information content (AvgIpc) is 3.10. The predicted octanol–water partition coefficient (Wildman–Crippen LogP) is 2.66. The molecule has 2 atom stereocenters. The number of aromatic nitrogens is 1. The molecule has 1 aliphatic rings. The van der Waals surface area contributed by atoms with Gasteiger partial charge in [0.2, 0.25) is 11.7 Å². The van der Waals surface area contributed by atoms with E-state index in [0.717, 1.165) is 17.9 Å². The minimum atomic E-state index is -0.403. The number of carbonyl (C=O) groups is 2. The maximum absolute atomic E-state index is 12.8. The quantitative estimate of drug-likeness (QED) is 0.790. The largest absolute Gasteiger partial charge is 0.490 e. The van der Waals surface area contributed by atoms with Crippen molar-refractivity contribution in [2.24, 2.45) is 17.6 Å². The minimum absolute atomic E-state index is 0.163. The van der Waals surface area contributed by atoms with Crippen molar-refractivity contribution in [1.29, 1.82) is 0 Å². The van der Waals surface area contributed by atoms with Crippen LogP contribution in [0.1, 0.15) is 42.9 Å². The molecule has 0 unspecified atom stereocenters. The Balaban J connectivity index is 1.68. The fraction of sp³-hybridized carbons (Fsp3) is 0.476. The van der Waals surface area contributed by atoms with Gasteiger partial charge in [-0.05, 0) is 24.5 Å². The van der Waals surface area contributed by atoms with Crippen LogP contribution in [0, 0.1) is 11.8 Å². The number of hydrogen-bond donors (Lipinski definition) is 1. The van der Waals surface area contributed by atoms with Gasteiger partial charge in [-0.1, -0.05) is 37.2 Å². The molecule has 1 fully saturated rings. The van der Waals surface area contributed by atoms with E-state index in [1.165, 1.54) is 0 Å². The lowest BCUT2D eigenvalue weighted by molar-refractivity contribution is -0.120. The first-order valence-corrected chi connectivity index (χ1v) is 9.67. The zero-order valence-electron chi connectivity index (χ0n) is 16.3. The van der Waals surface area contributed by atoms with Crippen LogP contribution in [-0.2, 0) is 11.2 Å². The van der Waals surface area contributed by atoms with Crippen molar-refractivity contribution >= 4 is 11.8 Å². The van der Waals surface area contributed by atoms with E-state index in [2.05, 4.69) is 19.0 Å². The Morgan fingerprint density at radius 2 is 2.07 bits per heavy atom. The summed E-state index contributed by atoms with van der Waals surface area (Å²) in [6, 6.07) is 11.2. The third-order valence-corrected chi connectivity index (χ3v) is 4.83. The second kappa shape index (κ2) is 8.91. The Bertz CT molecular complexity index is 803. The van der Waals surface area contributed by atoms with Gasteiger partial charge in [0, 0.05) is 37.9 Å². The van der Waals surface area contributed by atoms with Crippen LogP contribution in [0.5, 0.6) is 5.75 Å². The number of nitrogens with two attached hydrogens (primary N) is 1. The molecule has 1 saturated heterocycles. The second-order valence-electron chi connectivity index (χ2n) is 7.72. The van der Waals surface area contributed by atoms with Gasteiger partial charge in [0.15, 0.2) is 0 Å². The zero-order valence-corrected chi connectivity index (χ0v) is 16.3. The molecule has 0 aliphatic carbocycles. The number of amides is 2. The van der Waals surface area contributed by atoms with E-state index in [1.807, 2.05) is 30.3 Å². The van der Waals surface area contributed by atoms with Crippen molar-refractivity contribution in [2.75, 3.05) is 13.1 Å². The van der Waals surface area contributed by atoms with E-state index in [-0.39, 0.29) is 30.1 Å². The number of rotatable bonds is 7. The Hall–Kier alpha value is -2.83. The lowest BCUT2D eigenvalue weighted by Crippen LogP contribution is -2.49. The van der Waals surface area contributed by atoms with Crippen molar-refractivity contribution in [3.8, 4) is 5.75 Å². The number of likely N-dealkylation sites (tertiary alicyclic amines) is 1. The summed E-state index contributed by atoms with van der Waals surface area (Å²) in [5.41, 5.74) is 6.21. The number of benzene rings is 1. The zero-order chi connectivity index (χ0) is 20.1. The van der Waals surface area contributed by atoms with Crippen LogP contribution in [0.3, 0.4) is 0 Å². The highest BCUT2D eigenvalue weighted by molar-refractivity contribution is 5.91. The number of piperidine rings is 1. The summed E-state index contributed by atoms with van der Waals surface area (Å²) in [5, 5.41) is 3.99. The van der Waals surface area contributed by atoms with Crippen LogP contribution >= 0.6 is 0 Å². The Morgan fingerprint density at radius 3 is 2.75 bits per heavy atom. The molecule has 1 aliphatic heterocycles. The predicted molar refractivity (Wildman–Crippen MR) is 104 cm³/mol.